The zero-order chi connectivity index (χ0) is 19.2. The fourth-order valence-corrected chi connectivity index (χ4v) is 3.16. The summed E-state index contributed by atoms with van der Waals surface area (Å²) in [6.07, 6.45) is 0. The van der Waals surface area contributed by atoms with E-state index in [1.165, 1.54) is 18.4 Å². The van der Waals surface area contributed by atoms with Crippen LogP contribution in [0.15, 0.2) is 58.4 Å². The van der Waals surface area contributed by atoms with E-state index in [1.807, 2.05) is 24.3 Å². The summed E-state index contributed by atoms with van der Waals surface area (Å²) in [5.41, 5.74) is 8.63. The van der Waals surface area contributed by atoms with Gasteiger partial charge < -0.3 is 15.8 Å². The Hall–Kier alpha value is -1.69. The number of methoxy groups -OCH3 is 1. The number of anilines is 1. The van der Waals surface area contributed by atoms with Crippen LogP contribution < -0.4 is 11.1 Å². The van der Waals surface area contributed by atoms with Gasteiger partial charge in [0.15, 0.2) is 5.96 Å². The number of ether oxygens (including phenoxy) is 1. The molecule has 0 heterocycles. The van der Waals surface area contributed by atoms with Crippen molar-refractivity contribution in [2.24, 2.45) is 10.7 Å². The van der Waals surface area contributed by atoms with Crippen molar-refractivity contribution < 1.29 is 13.2 Å². The lowest BCUT2D eigenvalue weighted by molar-refractivity contribution is 0.185. The number of hydrogen-bond acceptors (Lipinski definition) is 4. The van der Waals surface area contributed by atoms with Gasteiger partial charge in [-0.2, -0.15) is 0 Å². The van der Waals surface area contributed by atoms with Gasteiger partial charge in [0, 0.05) is 32.5 Å². The fourth-order valence-electron chi connectivity index (χ4n) is 2.26. The smallest absolute Gasteiger partial charge is 0.242 e. The van der Waals surface area contributed by atoms with E-state index in [0.29, 0.717) is 13.2 Å². The lowest BCUT2D eigenvalue weighted by atomic mass is 10.2. The molecule has 9 heteroatoms. The van der Waals surface area contributed by atoms with Gasteiger partial charge in [-0.1, -0.05) is 30.3 Å². The highest BCUT2D eigenvalue weighted by atomic mass is 127. The van der Waals surface area contributed by atoms with Gasteiger partial charge >= 0.3 is 0 Å². The number of para-hydroxylation sites is 1. The first kappa shape index (κ1) is 23.3. The molecular formula is C18H25IN4O3S. The summed E-state index contributed by atoms with van der Waals surface area (Å²) in [4.78, 5) is 4.55. The standard InChI is InChI=1S/C18H24N4O3S.HI/c1-22(2)26(23,24)16-10-8-14(9-11-16)12-20-18(19)21-17-7-5-4-6-15(17)13-25-3;/h4-11H,12-13H2,1-3H3,(H3,19,20,21);1H. The quantitative estimate of drug-likeness (QED) is 0.344. The highest BCUT2D eigenvalue weighted by Gasteiger charge is 2.16. The summed E-state index contributed by atoms with van der Waals surface area (Å²) in [6, 6.07) is 14.3. The highest BCUT2D eigenvalue weighted by Crippen LogP contribution is 2.16. The summed E-state index contributed by atoms with van der Waals surface area (Å²) < 4.78 is 30.5. The van der Waals surface area contributed by atoms with Crippen molar-refractivity contribution in [1.82, 2.24) is 4.31 Å². The number of hydrogen-bond donors (Lipinski definition) is 2. The third-order valence-electron chi connectivity index (χ3n) is 3.71. The molecule has 0 fully saturated rings. The zero-order valence-electron chi connectivity index (χ0n) is 15.5. The number of nitrogens with two attached hydrogens (primary N) is 1. The Kier molecular flexibility index (Phi) is 9.16. The van der Waals surface area contributed by atoms with E-state index in [4.69, 9.17) is 10.5 Å². The number of halogens is 1. The molecule has 0 aliphatic heterocycles. The third-order valence-corrected chi connectivity index (χ3v) is 5.54. The molecule has 0 saturated carbocycles. The van der Waals surface area contributed by atoms with Crippen molar-refractivity contribution in [3.8, 4) is 0 Å². The van der Waals surface area contributed by atoms with Crippen molar-refractivity contribution in [3.63, 3.8) is 0 Å². The summed E-state index contributed by atoms with van der Waals surface area (Å²) in [5.74, 6) is 0.276. The second-order valence-electron chi connectivity index (χ2n) is 5.85. The predicted octanol–water partition coefficient (Wildman–Crippen LogP) is 2.63. The van der Waals surface area contributed by atoms with Gasteiger partial charge in [0.1, 0.15) is 0 Å². The maximum atomic E-state index is 12.1. The Morgan fingerprint density at radius 3 is 2.37 bits per heavy atom. The molecule has 2 aromatic rings. The Morgan fingerprint density at radius 2 is 1.78 bits per heavy atom. The van der Waals surface area contributed by atoms with E-state index in [2.05, 4.69) is 10.3 Å². The van der Waals surface area contributed by atoms with Gasteiger partial charge in [0.05, 0.1) is 18.0 Å². The van der Waals surface area contributed by atoms with Crippen LogP contribution in [0.2, 0.25) is 0 Å². The Balaban J connectivity index is 0.00000364. The Morgan fingerprint density at radius 1 is 1.15 bits per heavy atom. The lowest BCUT2D eigenvalue weighted by Gasteiger charge is -2.12. The monoisotopic (exact) mass is 504 g/mol. The van der Waals surface area contributed by atoms with Crippen molar-refractivity contribution in [2.45, 2.75) is 18.0 Å². The number of benzene rings is 2. The van der Waals surface area contributed by atoms with Gasteiger partial charge in [0.2, 0.25) is 10.0 Å². The van der Waals surface area contributed by atoms with Crippen LogP contribution in [-0.4, -0.2) is 39.9 Å². The van der Waals surface area contributed by atoms with Crippen molar-refractivity contribution in [2.75, 3.05) is 26.5 Å². The highest BCUT2D eigenvalue weighted by molar-refractivity contribution is 14.0. The largest absolute Gasteiger partial charge is 0.380 e. The van der Waals surface area contributed by atoms with Crippen LogP contribution in [0.5, 0.6) is 0 Å². The van der Waals surface area contributed by atoms with Crippen LogP contribution >= 0.6 is 24.0 Å². The summed E-state index contributed by atoms with van der Waals surface area (Å²) in [7, 11) is 1.21. The van der Waals surface area contributed by atoms with Gasteiger partial charge in [-0.05, 0) is 23.8 Å². The molecule has 0 aliphatic carbocycles. The average Bonchev–Trinajstić information content (AvgIpc) is 2.62. The van der Waals surface area contributed by atoms with Crippen LogP contribution in [0.1, 0.15) is 11.1 Å². The molecule has 0 bridgehead atoms. The number of nitrogens with one attached hydrogen (secondary N) is 1. The average molecular weight is 504 g/mol. The minimum atomic E-state index is -3.43. The molecule has 0 saturated heterocycles. The van der Waals surface area contributed by atoms with E-state index < -0.39 is 10.0 Å². The summed E-state index contributed by atoms with van der Waals surface area (Å²) >= 11 is 0. The predicted molar refractivity (Wildman–Crippen MR) is 119 cm³/mol. The molecule has 7 nitrogen and oxygen atoms in total. The second kappa shape index (κ2) is 10.6. The first-order chi connectivity index (χ1) is 12.3. The third kappa shape index (κ3) is 6.45. The SMILES string of the molecule is COCc1ccccc1NC(N)=NCc1ccc(S(=O)(=O)N(C)C)cc1.I. The molecule has 3 N–H and O–H groups in total. The molecule has 0 radical (unpaired) electrons. The second-order valence-corrected chi connectivity index (χ2v) is 8.00. The number of aliphatic imine (C=N–C) groups is 1. The topological polar surface area (TPSA) is 97.0 Å². The molecule has 2 rings (SSSR count). The van der Waals surface area contributed by atoms with Gasteiger partial charge in [-0.3, -0.25) is 0 Å². The van der Waals surface area contributed by atoms with Crippen LogP contribution in [-0.2, 0) is 27.9 Å². The lowest BCUT2D eigenvalue weighted by Crippen LogP contribution is -2.23. The molecule has 0 unspecified atom stereocenters. The van der Waals surface area contributed by atoms with E-state index >= 15 is 0 Å². The van der Waals surface area contributed by atoms with Crippen molar-refractivity contribution in [3.05, 3.63) is 59.7 Å². The zero-order valence-corrected chi connectivity index (χ0v) is 18.7. The molecule has 148 valence electrons. The van der Waals surface area contributed by atoms with E-state index in [-0.39, 0.29) is 34.8 Å². The maximum Gasteiger partial charge on any atom is 0.242 e. The van der Waals surface area contributed by atoms with Crippen LogP contribution in [0.4, 0.5) is 5.69 Å². The number of guanidine groups is 1. The van der Waals surface area contributed by atoms with Crippen LogP contribution in [0, 0.1) is 0 Å². The van der Waals surface area contributed by atoms with Crippen LogP contribution in [0.3, 0.4) is 0 Å². The van der Waals surface area contributed by atoms with E-state index in [1.54, 1.807) is 31.4 Å². The number of sulfonamides is 1. The summed E-state index contributed by atoms with van der Waals surface area (Å²) in [5, 5.41) is 3.06. The Labute approximate surface area is 177 Å². The Bertz CT molecular complexity index is 868. The van der Waals surface area contributed by atoms with Crippen molar-refractivity contribution in [1.29, 1.82) is 0 Å². The number of nitrogens with zero attached hydrogens (tertiary/aromatic N) is 2. The molecule has 0 aliphatic rings. The maximum absolute atomic E-state index is 12.1. The number of rotatable bonds is 7. The van der Waals surface area contributed by atoms with Crippen LogP contribution in [0.25, 0.3) is 0 Å². The molecule has 0 aromatic heterocycles. The first-order valence-corrected chi connectivity index (χ1v) is 9.44. The first-order valence-electron chi connectivity index (χ1n) is 8.00. The molecule has 2 aromatic carbocycles. The minimum Gasteiger partial charge on any atom is -0.380 e. The van der Waals surface area contributed by atoms with Gasteiger partial charge in [-0.25, -0.2) is 17.7 Å². The molecule has 0 spiro atoms. The molecule has 0 amide bonds. The minimum absolute atomic E-state index is 0. The van der Waals surface area contributed by atoms with E-state index in [0.717, 1.165) is 16.8 Å². The van der Waals surface area contributed by atoms with Gasteiger partial charge in [0.25, 0.3) is 0 Å². The fraction of sp³-hybridized carbons (Fsp3) is 0.278. The van der Waals surface area contributed by atoms with Gasteiger partial charge in [-0.15, -0.1) is 24.0 Å². The van der Waals surface area contributed by atoms with Crippen molar-refractivity contribution >= 4 is 45.6 Å². The molecular weight excluding hydrogens is 479 g/mol. The summed E-state index contributed by atoms with van der Waals surface area (Å²) in [6.45, 7) is 0.811. The molecule has 0 atom stereocenters. The van der Waals surface area contributed by atoms with E-state index in [9.17, 15) is 8.42 Å². The normalized spacial score (nSPS) is 11.9. The molecule has 27 heavy (non-hydrogen) atoms.